The van der Waals surface area contributed by atoms with E-state index in [1.807, 2.05) is 7.11 Å². The average molecular weight is 318 g/mol. The molecule has 3 saturated carbocycles. The minimum Gasteiger partial charge on any atom is -0.385 e. The number of hydrogen-bond donors (Lipinski definition) is 1. The maximum absolute atomic E-state index is 12.2. The molecular formula is C20H30O3. The van der Waals surface area contributed by atoms with E-state index in [4.69, 9.17) is 4.74 Å². The van der Waals surface area contributed by atoms with Crippen LogP contribution in [-0.4, -0.2) is 30.2 Å². The molecule has 0 spiro atoms. The maximum atomic E-state index is 12.2. The van der Waals surface area contributed by atoms with Crippen molar-refractivity contribution < 1.29 is 14.6 Å². The van der Waals surface area contributed by atoms with E-state index in [0.717, 1.165) is 32.1 Å². The molecule has 0 amide bonds. The number of carbonyl (C=O) groups is 1. The zero-order chi connectivity index (χ0) is 16.4. The topological polar surface area (TPSA) is 46.5 Å². The van der Waals surface area contributed by atoms with Crippen molar-refractivity contribution in [3.63, 3.8) is 0 Å². The first kappa shape index (κ1) is 15.8. The van der Waals surface area contributed by atoms with Crippen LogP contribution in [0.1, 0.15) is 58.8 Å². The van der Waals surface area contributed by atoms with Crippen LogP contribution in [0.25, 0.3) is 0 Å². The third-order valence-electron chi connectivity index (χ3n) is 8.18. The van der Waals surface area contributed by atoms with Gasteiger partial charge in [-0.1, -0.05) is 25.5 Å². The number of rotatable bonds is 1. The first-order valence-electron chi connectivity index (χ1n) is 9.33. The molecule has 4 aliphatic rings. The second-order valence-corrected chi connectivity index (χ2v) is 8.98. The van der Waals surface area contributed by atoms with Crippen LogP contribution in [0.2, 0.25) is 0 Å². The predicted molar refractivity (Wildman–Crippen MR) is 88.9 cm³/mol. The van der Waals surface area contributed by atoms with Crippen molar-refractivity contribution in [1.29, 1.82) is 0 Å². The minimum absolute atomic E-state index is 0.0844. The first-order valence-corrected chi connectivity index (χ1v) is 9.33. The zero-order valence-electron chi connectivity index (χ0n) is 14.7. The van der Waals surface area contributed by atoms with E-state index in [1.165, 1.54) is 6.42 Å². The van der Waals surface area contributed by atoms with Gasteiger partial charge in [0.2, 0.25) is 0 Å². The van der Waals surface area contributed by atoms with Crippen molar-refractivity contribution in [3.05, 3.63) is 11.6 Å². The Morgan fingerprint density at radius 1 is 1.17 bits per heavy atom. The summed E-state index contributed by atoms with van der Waals surface area (Å²) in [7, 11) is 1.83. The largest absolute Gasteiger partial charge is 0.385 e. The third-order valence-corrected chi connectivity index (χ3v) is 8.18. The smallest absolute Gasteiger partial charge is 0.162 e. The number of methoxy groups -OCH3 is 1. The highest BCUT2D eigenvalue weighted by Gasteiger charge is 2.60. The molecule has 0 heterocycles. The molecule has 0 aromatic carbocycles. The lowest BCUT2D eigenvalue weighted by Gasteiger charge is -2.57. The van der Waals surface area contributed by atoms with Gasteiger partial charge in [-0.25, -0.2) is 0 Å². The highest BCUT2D eigenvalue weighted by atomic mass is 16.5. The van der Waals surface area contributed by atoms with E-state index in [0.29, 0.717) is 30.3 Å². The number of allylic oxidation sites excluding steroid dienone is 1. The van der Waals surface area contributed by atoms with Gasteiger partial charge in [-0.15, -0.1) is 0 Å². The summed E-state index contributed by atoms with van der Waals surface area (Å²) in [6.45, 7) is 4.62. The fourth-order valence-electron chi connectivity index (χ4n) is 6.60. The lowest BCUT2D eigenvalue weighted by molar-refractivity contribution is -0.128. The molecule has 0 aromatic rings. The number of hydrogen-bond acceptors (Lipinski definition) is 3. The van der Waals surface area contributed by atoms with Gasteiger partial charge in [0, 0.05) is 18.9 Å². The summed E-state index contributed by atoms with van der Waals surface area (Å²) >= 11 is 0. The van der Waals surface area contributed by atoms with Gasteiger partial charge in [-0.05, 0) is 61.7 Å². The molecule has 0 radical (unpaired) electrons. The Hall–Kier alpha value is -0.670. The molecule has 23 heavy (non-hydrogen) atoms. The summed E-state index contributed by atoms with van der Waals surface area (Å²) < 4.78 is 5.62. The summed E-state index contributed by atoms with van der Waals surface area (Å²) in [5.41, 5.74) is 1.71. The van der Waals surface area contributed by atoms with Crippen LogP contribution in [0.3, 0.4) is 0 Å². The second-order valence-electron chi connectivity index (χ2n) is 8.98. The molecular weight excluding hydrogens is 288 g/mol. The van der Waals surface area contributed by atoms with Crippen LogP contribution < -0.4 is 0 Å². The van der Waals surface area contributed by atoms with Gasteiger partial charge in [0.05, 0.1) is 6.10 Å². The van der Waals surface area contributed by atoms with Gasteiger partial charge in [-0.2, -0.15) is 0 Å². The zero-order valence-corrected chi connectivity index (χ0v) is 14.7. The van der Waals surface area contributed by atoms with Crippen molar-refractivity contribution in [2.75, 3.05) is 7.11 Å². The molecule has 7 atom stereocenters. The number of ketones is 1. The van der Waals surface area contributed by atoms with Gasteiger partial charge in [0.15, 0.2) is 5.78 Å². The SMILES string of the molecule is COC1CC[C@@]2(C)C(=CC[C@@H]3[C@@H]2CC[C@]2(C)C(O)C(=O)C[C@@H]32)C1. The van der Waals surface area contributed by atoms with Gasteiger partial charge >= 0.3 is 0 Å². The summed E-state index contributed by atoms with van der Waals surface area (Å²) in [6, 6.07) is 0. The molecule has 0 saturated heterocycles. The van der Waals surface area contributed by atoms with Crippen LogP contribution >= 0.6 is 0 Å². The molecule has 1 N–H and O–H groups in total. The summed E-state index contributed by atoms with van der Waals surface area (Å²) in [5.74, 6) is 1.71. The predicted octanol–water partition coefficient (Wildman–Crippen LogP) is 3.50. The molecule has 2 unspecified atom stereocenters. The average Bonchev–Trinajstić information content (AvgIpc) is 2.78. The van der Waals surface area contributed by atoms with Gasteiger partial charge < -0.3 is 9.84 Å². The molecule has 128 valence electrons. The molecule has 4 aliphatic carbocycles. The number of fused-ring (bicyclic) bond motifs is 5. The van der Waals surface area contributed by atoms with Crippen LogP contribution in [0, 0.1) is 28.6 Å². The summed E-state index contributed by atoms with van der Waals surface area (Å²) in [6.07, 6.45) is 9.41. The second kappa shape index (κ2) is 5.16. The number of aliphatic hydroxyl groups excluding tert-OH is 1. The van der Waals surface area contributed by atoms with Crippen LogP contribution in [0.5, 0.6) is 0 Å². The molecule has 3 nitrogen and oxygen atoms in total. The summed E-state index contributed by atoms with van der Waals surface area (Å²) in [4.78, 5) is 12.2. The number of Topliss-reactive ketones (excluding diaryl/α,β-unsaturated/α-hetero) is 1. The summed E-state index contributed by atoms with van der Waals surface area (Å²) in [5, 5.41) is 10.4. The molecule has 0 aromatic heterocycles. The lowest BCUT2D eigenvalue weighted by Crippen LogP contribution is -2.51. The van der Waals surface area contributed by atoms with Gasteiger partial charge in [-0.3, -0.25) is 4.79 Å². The Morgan fingerprint density at radius 2 is 1.96 bits per heavy atom. The Kier molecular flexibility index (Phi) is 3.55. The molecule has 3 heteroatoms. The van der Waals surface area contributed by atoms with Crippen LogP contribution in [-0.2, 0) is 9.53 Å². The van der Waals surface area contributed by atoms with E-state index >= 15 is 0 Å². The normalized spacial score (nSPS) is 52.4. The van der Waals surface area contributed by atoms with Gasteiger partial charge in [0.1, 0.15) is 6.10 Å². The Labute approximate surface area is 139 Å². The molecule has 0 bridgehead atoms. The van der Waals surface area contributed by atoms with Crippen molar-refractivity contribution in [1.82, 2.24) is 0 Å². The van der Waals surface area contributed by atoms with Crippen molar-refractivity contribution in [2.24, 2.45) is 28.6 Å². The lowest BCUT2D eigenvalue weighted by atomic mass is 9.48. The number of ether oxygens (including phenoxy) is 1. The fourth-order valence-corrected chi connectivity index (χ4v) is 6.60. The molecule has 0 aliphatic heterocycles. The number of aliphatic hydroxyl groups is 1. The van der Waals surface area contributed by atoms with E-state index in [-0.39, 0.29) is 16.6 Å². The highest BCUT2D eigenvalue weighted by molar-refractivity contribution is 5.86. The van der Waals surface area contributed by atoms with E-state index in [2.05, 4.69) is 19.9 Å². The Balaban J connectivity index is 1.66. The highest BCUT2D eigenvalue weighted by Crippen LogP contribution is 2.64. The van der Waals surface area contributed by atoms with Crippen LogP contribution in [0.15, 0.2) is 11.6 Å². The molecule has 3 fully saturated rings. The van der Waals surface area contributed by atoms with Crippen molar-refractivity contribution >= 4 is 5.78 Å². The molecule has 4 rings (SSSR count). The van der Waals surface area contributed by atoms with Crippen molar-refractivity contribution in [2.45, 2.75) is 71.0 Å². The standard InChI is InChI=1S/C20H30O3/c1-19-8-6-13(23-3)10-12(19)4-5-14-15(19)7-9-20(2)16(14)11-17(21)18(20)22/h4,13-16,18,22H,5-11H2,1-3H3/t13?,14-,15+,16+,18?,19+,20+/m1/s1. The van der Waals surface area contributed by atoms with Crippen molar-refractivity contribution in [3.8, 4) is 0 Å². The van der Waals surface area contributed by atoms with Crippen LogP contribution in [0.4, 0.5) is 0 Å². The third kappa shape index (κ3) is 2.05. The fraction of sp³-hybridized carbons (Fsp3) is 0.850. The number of carbonyl (C=O) groups excluding carboxylic acids is 1. The van der Waals surface area contributed by atoms with E-state index in [9.17, 15) is 9.90 Å². The monoisotopic (exact) mass is 318 g/mol. The van der Waals surface area contributed by atoms with E-state index < -0.39 is 6.10 Å². The van der Waals surface area contributed by atoms with Gasteiger partial charge in [0.25, 0.3) is 0 Å². The minimum atomic E-state index is -0.726. The first-order chi connectivity index (χ1) is 10.9. The Morgan fingerprint density at radius 3 is 2.70 bits per heavy atom. The van der Waals surface area contributed by atoms with E-state index in [1.54, 1.807) is 5.57 Å². The Bertz CT molecular complexity index is 553. The maximum Gasteiger partial charge on any atom is 0.162 e. The quantitative estimate of drug-likeness (QED) is 0.753.